The maximum atomic E-state index is 12.3. The summed E-state index contributed by atoms with van der Waals surface area (Å²) in [5.74, 6) is 1.79. The van der Waals surface area contributed by atoms with E-state index in [-0.39, 0.29) is 6.09 Å². The molecule has 0 radical (unpaired) electrons. The van der Waals surface area contributed by atoms with Gasteiger partial charge in [0.2, 0.25) is 0 Å². The highest BCUT2D eigenvalue weighted by Crippen LogP contribution is 2.41. The van der Waals surface area contributed by atoms with Crippen molar-refractivity contribution in [3.05, 3.63) is 29.8 Å². The number of carbonyl (C=O) groups is 1. The molecule has 2 atom stereocenters. The molecule has 4 heteroatoms. The molecule has 1 saturated heterocycles. The van der Waals surface area contributed by atoms with E-state index in [4.69, 9.17) is 9.47 Å². The molecule has 0 N–H and O–H groups in total. The van der Waals surface area contributed by atoms with Crippen molar-refractivity contribution in [3.63, 3.8) is 0 Å². The van der Waals surface area contributed by atoms with Crippen LogP contribution >= 0.6 is 0 Å². The maximum Gasteiger partial charge on any atom is 0.410 e. The van der Waals surface area contributed by atoms with Crippen LogP contribution in [0.3, 0.4) is 0 Å². The van der Waals surface area contributed by atoms with Gasteiger partial charge in [0.05, 0.1) is 6.61 Å². The maximum absolute atomic E-state index is 12.3. The Labute approximate surface area is 126 Å². The number of carbonyl (C=O) groups excluding carboxylic acids is 1. The Morgan fingerprint density at radius 3 is 2.81 bits per heavy atom. The van der Waals surface area contributed by atoms with Crippen LogP contribution in [0.25, 0.3) is 0 Å². The lowest BCUT2D eigenvalue weighted by atomic mass is 9.87. The molecule has 1 aromatic rings. The molecule has 0 aromatic heterocycles. The number of rotatable bonds is 0. The van der Waals surface area contributed by atoms with Gasteiger partial charge in [-0.3, -0.25) is 0 Å². The van der Waals surface area contributed by atoms with Crippen LogP contribution < -0.4 is 4.74 Å². The highest BCUT2D eigenvalue weighted by molar-refractivity contribution is 5.69. The highest BCUT2D eigenvalue weighted by Gasteiger charge is 2.40. The van der Waals surface area contributed by atoms with Crippen molar-refractivity contribution in [2.24, 2.45) is 5.92 Å². The quantitative estimate of drug-likeness (QED) is 0.734. The summed E-state index contributed by atoms with van der Waals surface area (Å²) in [5.41, 5.74) is 0.786. The molecule has 2 aliphatic heterocycles. The first-order valence-electron chi connectivity index (χ1n) is 7.64. The number of para-hydroxylation sites is 1. The van der Waals surface area contributed by atoms with Crippen LogP contribution in [-0.4, -0.2) is 36.3 Å². The number of fused-ring (bicyclic) bond motifs is 3. The van der Waals surface area contributed by atoms with Gasteiger partial charge in [0, 0.05) is 19.0 Å². The number of hydrogen-bond donors (Lipinski definition) is 0. The third-order valence-corrected chi connectivity index (χ3v) is 4.16. The van der Waals surface area contributed by atoms with Crippen molar-refractivity contribution >= 4 is 6.09 Å². The molecule has 1 aromatic carbocycles. The molecule has 3 rings (SSSR count). The Bertz CT molecular complexity index is 535. The number of benzene rings is 1. The van der Waals surface area contributed by atoms with Crippen molar-refractivity contribution < 1.29 is 14.3 Å². The first-order chi connectivity index (χ1) is 9.94. The van der Waals surface area contributed by atoms with Crippen LogP contribution in [0.1, 0.15) is 38.7 Å². The average molecular weight is 289 g/mol. The zero-order chi connectivity index (χ0) is 15.0. The van der Waals surface area contributed by atoms with Crippen molar-refractivity contribution in [1.82, 2.24) is 4.90 Å². The number of amides is 1. The Balaban J connectivity index is 1.78. The lowest BCUT2D eigenvalue weighted by Gasteiger charge is -2.24. The fraction of sp³-hybridized carbons (Fsp3) is 0.588. The molecule has 1 amide bonds. The van der Waals surface area contributed by atoms with E-state index in [0.717, 1.165) is 31.9 Å². The molecule has 0 aliphatic carbocycles. The lowest BCUT2D eigenvalue weighted by molar-refractivity contribution is 0.0284. The molecule has 1 fully saturated rings. The molecule has 2 aliphatic rings. The van der Waals surface area contributed by atoms with E-state index >= 15 is 0 Å². The van der Waals surface area contributed by atoms with Crippen molar-refractivity contribution in [1.29, 1.82) is 0 Å². The zero-order valence-corrected chi connectivity index (χ0v) is 13.0. The van der Waals surface area contributed by atoms with Gasteiger partial charge in [-0.2, -0.15) is 0 Å². The van der Waals surface area contributed by atoms with Crippen molar-refractivity contribution in [2.45, 2.75) is 38.7 Å². The normalized spacial score (nSPS) is 24.6. The fourth-order valence-corrected chi connectivity index (χ4v) is 3.23. The summed E-state index contributed by atoms with van der Waals surface area (Å²) in [6.07, 6.45) is 0.785. The van der Waals surface area contributed by atoms with Gasteiger partial charge in [0.15, 0.2) is 0 Å². The van der Waals surface area contributed by atoms with Crippen LogP contribution in [0.2, 0.25) is 0 Å². The van der Waals surface area contributed by atoms with Crippen LogP contribution in [0.15, 0.2) is 24.3 Å². The number of nitrogens with zero attached hydrogens (tertiary/aromatic N) is 1. The molecule has 0 saturated carbocycles. The molecular formula is C17H23NO3. The van der Waals surface area contributed by atoms with Gasteiger partial charge in [-0.1, -0.05) is 18.2 Å². The summed E-state index contributed by atoms with van der Waals surface area (Å²) in [6, 6.07) is 8.19. The minimum Gasteiger partial charge on any atom is -0.493 e. The molecule has 0 spiro atoms. The Morgan fingerprint density at radius 2 is 2.05 bits per heavy atom. The van der Waals surface area contributed by atoms with Crippen molar-refractivity contribution in [2.75, 3.05) is 19.7 Å². The standard InChI is InChI=1S/C17H23NO3/c1-17(2,3)21-16(19)18-10-12-8-9-20-15-7-5-4-6-13(15)14(12)11-18/h4-7,12,14H,8-11H2,1-3H3/t12-,14-/m1/s1. The molecule has 0 bridgehead atoms. The second kappa shape index (κ2) is 5.24. The summed E-state index contributed by atoms with van der Waals surface area (Å²) in [4.78, 5) is 14.1. The minimum atomic E-state index is -0.442. The SMILES string of the molecule is CC(C)(C)OC(=O)N1C[C@H]2CCOc3ccccc3[C@@H]2C1. The van der Waals surface area contributed by atoms with Gasteiger partial charge >= 0.3 is 6.09 Å². The van der Waals surface area contributed by atoms with E-state index in [1.54, 1.807) is 0 Å². The monoisotopic (exact) mass is 289 g/mol. The van der Waals surface area contributed by atoms with Crippen LogP contribution in [-0.2, 0) is 4.74 Å². The second-order valence-corrected chi connectivity index (χ2v) is 6.93. The highest BCUT2D eigenvalue weighted by atomic mass is 16.6. The number of ether oxygens (including phenoxy) is 2. The van der Waals surface area contributed by atoms with Gasteiger partial charge < -0.3 is 14.4 Å². The number of hydrogen-bond acceptors (Lipinski definition) is 3. The smallest absolute Gasteiger partial charge is 0.410 e. The molecule has 2 heterocycles. The number of likely N-dealkylation sites (tertiary alicyclic amines) is 1. The predicted octanol–water partition coefficient (Wildman–Crippen LogP) is 3.42. The molecule has 21 heavy (non-hydrogen) atoms. The van der Waals surface area contributed by atoms with E-state index in [1.807, 2.05) is 43.9 Å². The Kier molecular flexibility index (Phi) is 3.56. The van der Waals surface area contributed by atoms with Crippen LogP contribution in [0.4, 0.5) is 4.79 Å². The van der Waals surface area contributed by atoms with Crippen LogP contribution in [0, 0.1) is 5.92 Å². The predicted molar refractivity (Wildman–Crippen MR) is 80.6 cm³/mol. The van der Waals surface area contributed by atoms with Gasteiger partial charge in [0.1, 0.15) is 11.4 Å². The van der Waals surface area contributed by atoms with Gasteiger partial charge in [-0.25, -0.2) is 4.79 Å². The zero-order valence-electron chi connectivity index (χ0n) is 13.0. The summed E-state index contributed by atoms with van der Waals surface area (Å²) in [6.45, 7) is 7.92. The molecule has 4 nitrogen and oxygen atoms in total. The molecule has 0 unspecified atom stereocenters. The van der Waals surface area contributed by atoms with E-state index < -0.39 is 5.60 Å². The molecule has 114 valence electrons. The third kappa shape index (κ3) is 2.99. The Morgan fingerprint density at radius 1 is 1.29 bits per heavy atom. The molecular weight excluding hydrogens is 266 g/mol. The first-order valence-corrected chi connectivity index (χ1v) is 7.64. The van der Waals surface area contributed by atoms with Gasteiger partial charge in [-0.15, -0.1) is 0 Å². The third-order valence-electron chi connectivity index (χ3n) is 4.16. The van der Waals surface area contributed by atoms with E-state index in [1.165, 1.54) is 5.56 Å². The lowest BCUT2D eigenvalue weighted by Crippen LogP contribution is -2.35. The topological polar surface area (TPSA) is 38.8 Å². The van der Waals surface area contributed by atoms with Gasteiger partial charge in [-0.05, 0) is 44.7 Å². The summed E-state index contributed by atoms with van der Waals surface area (Å²) < 4.78 is 11.3. The Hall–Kier alpha value is -1.71. The average Bonchev–Trinajstić information content (AvgIpc) is 2.74. The van der Waals surface area contributed by atoms with E-state index in [9.17, 15) is 4.79 Å². The van der Waals surface area contributed by atoms with Crippen molar-refractivity contribution in [3.8, 4) is 5.75 Å². The second-order valence-electron chi connectivity index (χ2n) is 6.93. The fourth-order valence-electron chi connectivity index (χ4n) is 3.23. The first kappa shape index (κ1) is 14.2. The minimum absolute atomic E-state index is 0.200. The van der Waals surface area contributed by atoms with Gasteiger partial charge in [0.25, 0.3) is 0 Å². The van der Waals surface area contributed by atoms with Crippen LogP contribution in [0.5, 0.6) is 5.75 Å². The van der Waals surface area contributed by atoms with E-state index in [0.29, 0.717) is 11.8 Å². The summed E-state index contributed by atoms with van der Waals surface area (Å²) >= 11 is 0. The summed E-state index contributed by atoms with van der Waals surface area (Å²) in [7, 11) is 0. The summed E-state index contributed by atoms with van der Waals surface area (Å²) in [5, 5.41) is 0. The largest absolute Gasteiger partial charge is 0.493 e. The van der Waals surface area contributed by atoms with E-state index in [2.05, 4.69) is 6.07 Å².